The van der Waals surface area contributed by atoms with Crippen molar-refractivity contribution < 1.29 is 19.1 Å². The number of rotatable bonds is 5. The average molecular weight is 358 g/mol. The van der Waals surface area contributed by atoms with Gasteiger partial charge in [-0.25, -0.2) is 0 Å². The van der Waals surface area contributed by atoms with E-state index in [1.54, 1.807) is 41.2 Å². The standard InChI is InChI=1S/C16H23N3O4.ClH/c1-22-11-14(17)16(21)19-9-7-18(8-10-19)15(20)12-3-5-13(23-2)6-4-12;/h3-6,14H,7-11,17H2,1-2H3;1H. The van der Waals surface area contributed by atoms with Gasteiger partial charge in [0.25, 0.3) is 5.91 Å². The predicted molar refractivity (Wildman–Crippen MR) is 92.6 cm³/mol. The van der Waals surface area contributed by atoms with Gasteiger partial charge in [-0.15, -0.1) is 12.4 Å². The van der Waals surface area contributed by atoms with Gasteiger partial charge in [-0.3, -0.25) is 9.59 Å². The first-order chi connectivity index (χ1) is 11.1. The maximum atomic E-state index is 12.4. The summed E-state index contributed by atoms with van der Waals surface area (Å²) in [7, 11) is 3.10. The Morgan fingerprint density at radius 3 is 2.12 bits per heavy atom. The number of piperazine rings is 1. The summed E-state index contributed by atoms with van der Waals surface area (Å²) < 4.78 is 9.99. The molecule has 0 saturated carbocycles. The maximum absolute atomic E-state index is 12.4. The smallest absolute Gasteiger partial charge is 0.253 e. The van der Waals surface area contributed by atoms with Crippen LogP contribution in [0.2, 0.25) is 0 Å². The lowest BCUT2D eigenvalue weighted by atomic mass is 10.1. The molecule has 1 atom stereocenters. The van der Waals surface area contributed by atoms with Crippen molar-refractivity contribution in [3.8, 4) is 5.75 Å². The van der Waals surface area contributed by atoms with E-state index >= 15 is 0 Å². The number of nitrogens with two attached hydrogens (primary N) is 1. The Morgan fingerprint density at radius 2 is 1.62 bits per heavy atom. The normalized spacial score (nSPS) is 15.5. The Kier molecular flexibility index (Phi) is 7.97. The summed E-state index contributed by atoms with van der Waals surface area (Å²) in [6.07, 6.45) is 0. The zero-order chi connectivity index (χ0) is 16.8. The van der Waals surface area contributed by atoms with Crippen LogP contribution >= 0.6 is 12.4 Å². The Bertz CT molecular complexity index is 545. The van der Waals surface area contributed by atoms with Crippen molar-refractivity contribution in [2.45, 2.75) is 6.04 Å². The maximum Gasteiger partial charge on any atom is 0.253 e. The summed E-state index contributed by atoms with van der Waals surface area (Å²) in [6.45, 7) is 2.16. The Hall–Kier alpha value is -1.83. The molecule has 8 heteroatoms. The highest BCUT2D eigenvalue weighted by Crippen LogP contribution is 2.14. The van der Waals surface area contributed by atoms with Gasteiger partial charge in [-0.05, 0) is 24.3 Å². The molecule has 134 valence electrons. The summed E-state index contributed by atoms with van der Waals surface area (Å²) >= 11 is 0. The van der Waals surface area contributed by atoms with Crippen molar-refractivity contribution in [2.24, 2.45) is 5.73 Å². The van der Waals surface area contributed by atoms with Crippen molar-refractivity contribution in [3.63, 3.8) is 0 Å². The fourth-order valence-electron chi connectivity index (χ4n) is 2.53. The monoisotopic (exact) mass is 357 g/mol. The van der Waals surface area contributed by atoms with Crippen molar-refractivity contribution in [2.75, 3.05) is 47.0 Å². The van der Waals surface area contributed by atoms with E-state index in [1.807, 2.05) is 0 Å². The minimum atomic E-state index is -0.649. The van der Waals surface area contributed by atoms with Crippen LogP contribution in [-0.4, -0.2) is 74.7 Å². The van der Waals surface area contributed by atoms with Crippen LogP contribution in [0.3, 0.4) is 0 Å². The molecule has 2 rings (SSSR count). The van der Waals surface area contributed by atoms with Gasteiger partial charge in [0.1, 0.15) is 11.8 Å². The largest absolute Gasteiger partial charge is 0.497 e. The van der Waals surface area contributed by atoms with Crippen LogP contribution < -0.4 is 10.5 Å². The van der Waals surface area contributed by atoms with E-state index in [1.165, 1.54) is 7.11 Å². The van der Waals surface area contributed by atoms with Crippen LogP contribution in [0.15, 0.2) is 24.3 Å². The third kappa shape index (κ3) is 4.83. The van der Waals surface area contributed by atoms with Crippen molar-refractivity contribution in [3.05, 3.63) is 29.8 Å². The highest BCUT2D eigenvalue weighted by atomic mass is 35.5. The van der Waals surface area contributed by atoms with Crippen LogP contribution in [0.5, 0.6) is 5.75 Å². The Labute approximate surface area is 148 Å². The second-order valence-corrected chi connectivity index (χ2v) is 5.41. The van der Waals surface area contributed by atoms with Crippen molar-refractivity contribution >= 4 is 24.2 Å². The number of benzene rings is 1. The van der Waals surface area contributed by atoms with E-state index in [2.05, 4.69) is 0 Å². The number of carbonyl (C=O) groups excluding carboxylic acids is 2. The fraction of sp³-hybridized carbons (Fsp3) is 0.500. The highest BCUT2D eigenvalue weighted by Gasteiger charge is 2.27. The van der Waals surface area contributed by atoms with Crippen LogP contribution in [0, 0.1) is 0 Å². The van der Waals surface area contributed by atoms with Gasteiger partial charge >= 0.3 is 0 Å². The second-order valence-electron chi connectivity index (χ2n) is 5.41. The second kappa shape index (κ2) is 9.46. The van der Waals surface area contributed by atoms with E-state index < -0.39 is 6.04 Å². The molecule has 1 aliphatic heterocycles. The van der Waals surface area contributed by atoms with Gasteiger partial charge in [0, 0.05) is 38.9 Å². The molecule has 1 aromatic rings. The molecular formula is C16H24ClN3O4. The minimum Gasteiger partial charge on any atom is -0.497 e. The topological polar surface area (TPSA) is 85.1 Å². The lowest BCUT2D eigenvalue weighted by Crippen LogP contribution is -2.55. The fourth-order valence-corrected chi connectivity index (χ4v) is 2.53. The summed E-state index contributed by atoms with van der Waals surface area (Å²) in [4.78, 5) is 28.0. The number of halogens is 1. The summed E-state index contributed by atoms with van der Waals surface area (Å²) in [6, 6.07) is 6.36. The summed E-state index contributed by atoms with van der Waals surface area (Å²) in [5.41, 5.74) is 6.38. The van der Waals surface area contributed by atoms with E-state index in [0.29, 0.717) is 37.5 Å². The van der Waals surface area contributed by atoms with Gasteiger partial charge in [-0.2, -0.15) is 0 Å². The molecule has 1 aliphatic rings. The number of ether oxygens (including phenoxy) is 2. The molecule has 0 radical (unpaired) electrons. The van der Waals surface area contributed by atoms with E-state index in [9.17, 15) is 9.59 Å². The van der Waals surface area contributed by atoms with Gasteiger partial charge in [-0.1, -0.05) is 0 Å². The first-order valence-corrected chi connectivity index (χ1v) is 7.53. The summed E-state index contributed by atoms with van der Waals surface area (Å²) in [5, 5.41) is 0. The van der Waals surface area contributed by atoms with Crippen molar-refractivity contribution in [1.29, 1.82) is 0 Å². The zero-order valence-corrected chi connectivity index (χ0v) is 14.8. The lowest BCUT2D eigenvalue weighted by Gasteiger charge is -2.35. The van der Waals surface area contributed by atoms with Gasteiger partial charge in [0.15, 0.2) is 0 Å². The zero-order valence-electron chi connectivity index (χ0n) is 13.9. The molecule has 7 nitrogen and oxygen atoms in total. The summed E-state index contributed by atoms with van der Waals surface area (Å²) in [5.74, 6) is 0.536. The molecule has 2 amide bonds. The van der Waals surface area contributed by atoms with E-state index in [4.69, 9.17) is 15.2 Å². The minimum absolute atomic E-state index is 0. The molecule has 1 fully saturated rings. The first kappa shape index (κ1) is 20.2. The number of nitrogens with zero attached hydrogens (tertiary/aromatic N) is 2. The first-order valence-electron chi connectivity index (χ1n) is 7.53. The van der Waals surface area contributed by atoms with Gasteiger partial charge in [0.2, 0.25) is 5.91 Å². The predicted octanol–water partition coefficient (Wildman–Crippen LogP) is 0.375. The molecule has 0 aromatic heterocycles. The molecule has 1 saturated heterocycles. The average Bonchev–Trinajstić information content (AvgIpc) is 2.61. The van der Waals surface area contributed by atoms with Crippen molar-refractivity contribution in [1.82, 2.24) is 9.80 Å². The third-order valence-electron chi connectivity index (χ3n) is 3.88. The highest BCUT2D eigenvalue weighted by molar-refractivity contribution is 5.94. The lowest BCUT2D eigenvalue weighted by molar-refractivity contribution is -0.135. The van der Waals surface area contributed by atoms with Gasteiger partial charge in [0.05, 0.1) is 13.7 Å². The third-order valence-corrected chi connectivity index (χ3v) is 3.88. The molecule has 1 aromatic carbocycles. The SMILES string of the molecule is COCC(N)C(=O)N1CCN(C(=O)c2ccc(OC)cc2)CC1.Cl. The molecule has 24 heavy (non-hydrogen) atoms. The molecule has 2 N–H and O–H groups in total. The van der Waals surface area contributed by atoms with Crippen LogP contribution in [0.1, 0.15) is 10.4 Å². The van der Waals surface area contributed by atoms with E-state index in [-0.39, 0.29) is 30.8 Å². The van der Waals surface area contributed by atoms with Crippen LogP contribution in [-0.2, 0) is 9.53 Å². The number of amides is 2. The number of hydrogen-bond acceptors (Lipinski definition) is 5. The number of methoxy groups -OCH3 is 2. The van der Waals surface area contributed by atoms with Crippen LogP contribution in [0.4, 0.5) is 0 Å². The molecule has 0 bridgehead atoms. The van der Waals surface area contributed by atoms with E-state index in [0.717, 1.165) is 0 Å². The molecular weight excluding hydrogens is 334 g/mol. The number of carbonyl (C=O) groups is 2. The Morgan fingerprint density at radius 1 is 1.08 bits per heavy atom. The number of hydrogen-bond donors (Lipinski definition) is 1. The molecule has 1 heterocycles. The quantitative estimate of drug-likeness (QED) is 0.823. The molecule has 0 spiro atoms. The van der Waals surface area contributed by atoms with Crippen LogP contribution in [0.25, 0.3) is 0 Å². The molecule has 1 unspecified atom stereocenters. The Balaban J connectivity index is 0.00000288. The van der Waals surface area contributed by atoms with Gasteiger partial charge < -0.3 is 25.0 Å². The molecule has 0 aliphatic carbocycles.